The molecule has 0 saturated carbocycles. The Hall–Kier alpha value is -3.21. The number of rotatable bonds is 2. The lowest BCUT2D eigenvalue weighted by Crippen LogP contribution is -1.95. The predicted octanol–water partition coefficient (Wildman–Crippen LogP) is 4.20. The highest BCUT2D eigenvalue weighted by molar-refractivity contribution is 5.85. The Morgan fingerprint density at radius 3 is 2.50 bits per heavy atom. The van der Waals surface area contributed by atoms with E-state index in [2.05, 4.69) is 19.9 Å². The van der Waals surface area contributed by atoms with Crippen molar-refractivity contribution in [1.82, 2.24) is 19.9 Å². The third-order valence-corrected chi connectivity index (χ3v) is 3.85. The van der Waals surface area contributed by atoms with E-state index in [1.54, 1.807) is 31.6 Å². The number of benzene rings is 1. The number of aromatic nitrogens is 4. The smallest absolute Gasteiger partial charge is 0.144 e. The van der Waals surface area contributed by atoms with E-state index < -0.39 is 0 Å². The second kappa shape index (κ2) is 5.77. The minimum atomic E-state index is -0.322. The van der Waals surface area contributed by atoms with Crippen LogP contribution in [-0.2, 0) is 0 Å². The molecule has 1 aromatic carbocycles. The van der Waals surface area contributed by atoms with Crippen molar-refractivity contribution in [3.8, 4) is 22.5 Å². The summed E-state index contributed by atoms with van der Waals surface area (Å²) in [5.74, 6) is -0.322. The molecular weight excluding hydrogens is 303 g/mol. The Bertz CT molecular complexity index is 1050. The quantitative estimate of drug-likeness (QED) is 0.556. The van der Waals surface area contributed by atoms with Gasteiger partial charge in [-0.05, 0) is 42.8 Å². The molecule has 0 aliphatic rings. The second-order valence-corrected chi connectivity index (χ2v) is 5.42. The first-order valence-electron chi connectivity index (χ1n) is 7.52. The molecule has 4 aromatic rings. The van der Waals surface area contributed by atoms with Crippen molar-refractivity contribution in [2.45, 2.75) is 6.92 Å². The SMILES string of the molecule is Cc1nc(-c2ncccc2-c2ccc3nccnc3c2)ccc1F. The fraction of sp³-hybridized carbons (Fsp3) is 0.0526. The largest absolute Gasteiger partial charge is 0.254 e. The van der Waals surface area contributed by atoms with Crippen LogP contribution in [0.3, 0.4) is 0 Å². The molecule has 0 aliphatic heterocycles. The molecule has 0 fully saturated rings. The number of halogens is 1. The van der Waals surface area contributed by atoms with E-state index in [0.29, 0.717) is 17.1 Å². The van der Waals surface area contributed by atoms with Gasteiger partial charge in [0.2, 0.25) is 0 Å². The van der Waals surface area contributed by atoms with Gasteiger partial charge in [-0.25, -0.2) is 9.37 Å². The molecule has 0 unspecified atom stereocenters. The van der Waals surface area contributed by atoms with Crippen molar-refractivity contribution in [3.63, 3.8) is 0 Å². The van der Waals surface area contributed by atoms with Crippen molar-refractivity contribution in [1.29, 1.82) is 0 Å². The van der Waals surface area contributed by atoms with Crippen LogP contribution in [0.25, 0.3) is 33.5 Å². The number of fused-ring (bicyclic) bond motifs is 1. The third-order valence-electron chi connectivity index (χ3n) is 3.85. The maximum Gasteiger partial charge on any atom is 0.144 e. The van der Waals surface area contributed by atoms with Gasteiger partial charge >= 0.3 is 0 Å². The number of nitrogens with zero attached hydrogens (tertiary/aromatic N) is 4. The summed E-state index contributed by atoms with van der Waals surface area (Å²) in [4.78, 5) is 17.4. The number of aryl methyl sites for hydroxylation is 1. The standard InChI is InChI=1S/C19H13FN4/c1-12-15(20)5-7-17(24-12)19-14(3-2-8-23-19)13-4-6-16-18(11-13)22-10-9-21-16/h2-11H,1H3. The summed E-state index contributed by atoms with van der Waals surface area (Å²) in [5.41, 5.74) is 5.25. The summed E-state index contributed by atoms with van der Waals surface area (Å²) in [7, 11) is 0. The van der Waals surface area contributed by atoms with E-state index >= 15 is 0 Å². The summed E-state index contributed by atoms with van der Waals surface area (Å²) in [6.07, 6.45) is 5.05. The monoisotopic (exact) mass is 316 g/mol. The molecule has 0 spiro atoms. The van der Waals surface area contributed by atoms with Crippen LogP contribution >= 0.6 is 0 Å². The highest BCUT2D eigenvalue weighted by Gasteiger charge is 2.12. The Morgan fingerprint density at radius 2 is 1.67 bits per heavy atom. The minimum absolute atomic E-state index is 0.322. The van der Waals surface area contributed by atoms with Gasteiger partial charge < -0.3 is 0 Å². The third kappa shape index (κ3) is 2.50. The van der Waals surface area contributed by atoms with Crippen LogP contribution in [0.2, 0.25) is 0 Å². The van der Waals surface area contributed by atoms with Gasteiger partial charge in [-0.3, -0.25) is 15.0 Å². The molecule has 0 amide bonds. The highest BCUT2D eigenvalue weighted by Crippen LogP contribution is 2.30. The van der Waals surface area contributed by atoms with Crippen molar-refractivity contribution in [2.75, 3.05) is 0 Å². The summed E-state index contributed by atoms with van der Waals surface area (Å²) >= 11 is 0. The van der Waals surface area contributed by atoms with Crippen LogP contribution in [0.1, 0.15) is 5.69 Å². The van der Waals surface area contributed by atoms with Gasteiger partial charge in [-0.2, -0.15) is 0 Å². The summed E-state index contributed by atoms with van der Waals surface area (Å²) in [6.45, 7) is 1.65. The first-order valence-corrected chi connectivity index (χ1v) is 7.52. The Labute approximate surface area is 138 Å². The molecule has 3 aromatic heterocycles. The first-order chi connectivity index (χ1) is 11.7. The Morgan fingerprint density at radius 1 is 0.833 bits per heavy atom. The molecule has 0 radical (unpaired) electrons. The predicted molar refractivity (Wildman–Crippen MR) is 90.7 cm³/mol. The van der Waals surface area contributed by atoms with Crippen molar-refractivity contribution >= 4 is 11.0 Å². The lowest BCUT2D eigenvalue weighted by Gasteiger charge is -2.09. The van der Waals surface area contributed by atoms with Crippen molar-refractivity contribution in [2.24, 2.45) is 0 Å². The highest BCUT2D eigenvalue weighted by atomic mass is 19.1. The molecule has 0 bridgehead atoms. The average Bonchev–Trinajstić information content (AvgIpc) is 2.63. The van der Waals surface area contributed by atoms with Gasteiger partial charge in [0.25, 0.3) is 0 Å². The van der Waals surface area contributed by atoms with Crippen molar-refractivity contribution < 1.29 is 4.39 Å². The van der Waals surface area contributed by atoms with Crippen LogP contribution in [0, 0.1) is 12.7 Å². The van der Waals surface area contributed by atoms with Gasteiger partial charge in [0.1, 0.15) is 5.82 Å². The Kier molecular flexibility index (Phi) is 3.46. The second-order valence-electron chi connectivity index (χ2n) is 5.42. The molecule has 0 saturated heterocycles. The van der Waals surface area contributed by atoms with Gasteiger partial charge in [0.05, 0.1) is 28.1 Å². The molecule has 4 rings (SSSR count). The lowest BCUT2D eigenvalue weighted by molar-refractivity contribution is 0.610. The molecule has 0 aliphatic carbocycles. The van der Waals surface area contributed by atoms with Crippen molar-refractivity contribution in [3.05, 3.63) is 72.6 Å². The fourth-order valence-corrected chi connectivity index (χ4v) is 2.65. The molecule has 24 heavy (non-hydrogen) atoms. The van der Waals surface area contributed by atoms with Gasteiger partial charge in [0, 0.05) is 24.2 Å². The molecule has 0 atom stereocenters. The first kappa shape index (κ1) is 14.4. The summed E-state index contributed by atoms with van der Waals surface area (Å²) in [6, 6.07) is 12.8. The number of hydrogen-bond donors (Lipinski definition) is 0. The van der Waals surface area contributed by atoms with Crippen LogP contribution in [0.15, 0.2) is 61.1 Å². The van der Waals surface area contributed by atoms with Gasteiger partial charge in [0.15, 0.2) is 0 Å². The van der Waals surface area contributed by atoms with Crippen LogP contribution in [-0.4, -0.2) is 19.9 Å². The summed E-state index contributed by atoms with van der Waals surface area (Å²) < 4.78 is 13.5. The maximum absolute atomic E-state index is 13.5. The lowest BCUT2D eigenvalue weighted by atomic mass is 10.0. The molecular formula is C19H13FN4. The van der Waals surface area contributed by atoms with Crippen LogP contribution < -0.4 is 0 Å². The number of pyridine rings is 2. The molecule has 4 nitrogen and oxygen atoms in total. The van der Waals surface area contributed by atoms with E-state index in [1.165, 1.54) is 6.07 Å². The Balaban J connectivity index is 1.90. The van der Waals surface area contributed by atoms with E-state index in [9.17, 15) is 4.39 Å². The minimum Gasteiger partial charge on any atom is -0.254 e. The number of hydrogen-bond acceptors (Lipinski definition) is 4. The zero-order chi connectivity index (χ0) is 16.5. The summed E-state index contributed by atoms with van der Waals surface area (Å²) in [5, 5.41) is 0. The topological polar surface area (TPSA) is 51.6 Å². The van der Waals surface area contributed by atoms with Crippen LogP contribution in [0.4, 0.5) is 4.39 Å². The maximum atomic E-state index is 13.5. The zero-order valence-electron chi connectivity index (χ0n) is 12.9. The van der Waals surface area contributed by atoms with Gasteiger partial charge in [-0.1, -0.05) is 12.1 Å². The average molecular weight is 316 g/mol. The molecule has 116 valence electrons. The molecule has 0 N–H and O–H groups in total. The van der Waals surface area contributed by atoms with E-state index in [1.807, 2.05) is 30.3 Å². The zero-order valence-corrected chi connectivity index (χ0v) is 12.9. The van der Waals surface area contributed by atoms with E-state index in [-0.39, 0.29) is 5.82 Å². The normalized spacial score (nSPS) is 10.9. The van der Waals surface area contributed by atoms with E-state index in [0.717, 1.165) is 22.2 Å². The molecule has 5 heteroatoms. The fourth-order valence-electron chi connectivity index (χ4n) is 2.65. The molecule has 3 heterocycles. The van der Waals surface area contributed by atoms with Gasteiger partial charge in [-0.15, -0.1) is 0 Å². The van der Waals surface area contributed by atoms with E-state index in [4.69, 9.17) is 0 Å². The van der Waals surface area contributed by atoms with Crippen LogP contribution in [0.5, 0.6) is 0 Å².